The van der Waals surface area contributed by atoms with Gasteiger partial charge in [0.1, 0.15) is 18.3 Å². The number of alkyl carbamates (subject to hydrolysis) is 1. The van der Waals surface area contributed by atoms with Gasteiger partial charge in [-0.15, -0.1) is 5.10 Å². The molecule has 0 aliphatic rings. The van der Waals surface area contributed by atoms with Gasteiger partial charge in [0.25, 0.3) is 0 Å². The summed E-state index contributed by atoms with van der Waals surface area (Å²) in [6.45, 7) is 0.587. The molecule has 2 atom stereocenters. The van der Waals surface area contributed by atoms with E-state index in [1.807, 2.05) is 60.7 Å². The van der Waals surface area contributed by atoms with E-state index in [2.05, 4.69) is 20.9 Å². The van der Waals surface area contributed by atoms with E-state index in [-0.39, 0.29) is 19.1 Å². The van der Waals surface area contributed by atoms with Crippen LogP contribution in [0.2, 0.25) is 0 Å². The van der Waals surface area contributed by atoms with Gasteiger partial charge < -0.3 is 26.2 Å². The fourth-order valence-corrected chi connectivity index (χ4v) is 4.37. The summed E-state index contributed by atoms with van der Waals surface area (Å²) in [6.07, 6.45) is 3.59. The van der Waals surface area contributed by atoms with Gasteiger partial charge in [-0.3, -0.25) is 4.79 Å². The van der Waals surface area contributed by atoms with Crippen LogP contribution in [0, 0.1) is 0 Å². The minimum atomic E-state index is -0.636. The van der Waals surface area contributed by atoms with E-state index in [1.54, 1.807) is 30.5 Å². The molecule has 4 rings (SSSR count). The highest BCUT2D eigenvalue weighted by atomic mass is 16.5. The molecule has 0 fully saturated rings. The first-order valence-electron chi connectivity index (χ1n) is 13.7. The molecular weight excluding hydrogens is 520 g/mol. The standard InChI is InChI=1S/C31H36N6O4/c32-18-8-7-13-29(30(39)33-26-16-14-24(21-38)15-17-26)37-20-28(35-36-37)27(19-23-9-3-1-4-10-23)34-31(40)41-22-25-11-5-2-6-12-25/h1-6,9-12,14-17,20,27,29,38H,7-8,13,18-19,21-22,32H2,(H,33,39)(H,34,40)/t27-,29-/m0/s1. The molecule has 3 aromatic carbocycles. The molecule has 214 valence electrons. The highest BCUT2D eigenvalue weighted by Gasteiger charge is 2.25. The number of anilines is 1. The molecule has 2 amide bonds. The van der Waals surface area contributed by atoms with E-state index in [0.717, 1.165) is 29.5 Å². The molecule has 5 N–H and O–H groups in total. The Kier molecular flexibility index (Phi) is 11.0. The monoisotopic (exact) mass is 556 g/mol. The Morgan fingerprint density at radius 2 is 1.59 bits per heavy atom. The van der Waals surface area contributed by atoms with Crippen LogP contribution in [0.25, 0.3) is 0 Å². The van der Waals surface area contributed by atoms with Crippen LogP contribution in [-0.4, -0.2) is 38.6 Å². The summed E-state index contributed by atoms with van der Waals surface area (Å²) in [5, 5.41) is 23.8. The second-order valence-electron chi connectivity index (χ2n) is 9.72. The molecule has 1 heterocycles. The van der Waals surface area contributed by atoms with Gasteiger partial charge in [0.2, 0.25) is 5.91 Å². The molecular formula is C31H36N6O4. The highest BCUT2D eigenvalue weighted by Crippen LogP contribution is 2.22. The number of nitrogens with one attached hydrogen (secondary N) is 2. The number of aliphatic hydroxyl groups excluding tert-OH is 1. The summed E-state index contributed by atoms with van der Waals surface area (Å²) >= 11 is 0. The zero-order chi connectivity index (χ0) is 28.9. The van der Waals surface area contributed by atoms with Crippen LogP contribution in [0.1, 0.15) is 53.7 Å². The van der Waals surface area contributed by atoms with Crippen molar-refractivity contribution in [2.24, 2.45) is 5.73 Å². The van der Waals surface area contributed by atoms with Crippen molar-refractivity contribution >= 4 is 17.7 Å². The SMILES string of the molecule is NCCCC[C@@H](C(=O)Nc1ccc(CO)cc1)n1cc([C@H](Cc2ccccc2)NC(=O)OCc2ccccc2)nn1. The Labute approximate surface area is 239 Å². The first-order valence-corrected chi connectivity index (χ1v) is 13.7. The van der Waals surface area contributed by atoms with Gasteiger partial charge in [-0.2, -0.15) is 0 Å². The lowest BCUT2D eigenvalue weighted by Gasteiger charge is -2.18. The number of benzene rings is 3. The van der Waals surface area contributed by atoms with Gasteiger partial charge in [-0.1, -0.05) is 78.0 Å². The fraction of sp³-hybridized carbons (Fsp3) is 0.290. The second-order valence-corrected chi connectivity index (χ2v) is 9.72. The van der Waals surface area contributed by atoms with Crippen LogP contribution < -0.4 is 16.4 Å². The predicted molar refractivity (Wildman–Crippen MR) is 156 cm³/mol. The lowest BCUT2D eigenvalue weighted by Crippen LogP contribution is -2.31. The maximum Gasteiger partial charge on any atom is 0.408 e. The van der Waals surface area contributed by atoms with Gasteiger partial charge in [0.15, 0.2) is 0 Å². The van der Waals surface area contributed by atoms with E-state index in [0.29, 0.717) is 30.8 Å². The van der Waals surface area contributed by atoms with Crippen molar-refractivity contribution in [2.75, 3.05) is 11.9 Å². The van der Waals surface area contributed by atoms with Crippen LogP contribution >= 0.6 is 0 Å². The zero-order valence-corrected chi connectivity index (χ0v) is 22.9. The molecule has 0 spiro atoms. The highest BCUT2D eigenvalue weighted by molar-refractivity contribution is 5.93. The van der Waals surface area contributed by atoms with E-state index >= 15 is 0 Å². The number of unbranched alkanes of at least 4 members (excludes halogenated alkanes) is 1. The number of amides is 2. The molecule has 0 saturated carbocycles. The number of ether oxygens (including phenoxy) is 1. The minimum absolute atomic E-state index is 0.0738. The lowest BCUT2D eigenvalue weighted by molar-refractivity contribution is -0.119. The largest absolute Gasteiger partial charge is 0.445 e. The number of hydrogen-bond donors (Lipinski definition) is 4. The van der Waals surface area contributed by atoms with E-state index in [1.165, 1.54) is 4.68 Å². The number of nitrogens with two attached hydrogens (primary N) is 1. The maximum absolute atomic E-state index is 13.4. The van der Waals surface area contributed by atoms with Gasteiger partial charge in [-0.25, -0.2) is 9.48 Å². The number of nitrogens with zero attached hydrogens (tertiary/aromatic N) is 3. The third-order valence-electron chi connectivity index (χ3n) is 6.63. The van der Waals surface area contributed by atoms with Gasteiger partial charge in [-0.05, 0) is 61.1 Å². The van der Waals surface area contributed by atoms with Gasteiger partial charge in [0, 0.05) is 5.69 Å². The Balaban J connectivity index is 1.51. The van der Waals surface area contributed by atoms with Crippen LogP contribution in [0.5, 0.6) is 0 Å². The number of aliphatic hydroxyl groups is 1. The quantitative estimate of drug-likeness (QED) is 0.170. The molecule has 0 aliphatic heterocycles. The van der Waals surface area contributed by atoms with Crippen molar-refractivity contribution in [3.05, 3.63) is 114 Å². The summed E-state index contributed by atoms with van der Waals surface area (Å²) in [6, 6.07) is 25.0. The van der Waals surface area contributed by atoms with E-state index < -0.39 is 18.2 Å². The number of aromatic nitrogens is 3. The Bertz CT molecular complexity index is 1360. The third kappa shape index (κ3) is 8.99. The van der Waals surface area contributed by atoms with Crippen LogP contribution in [-0.2, 0) is 29.2 Å². The zero-order valence-electron chi connectivity index (χ0n) is 22.9. The normalized spacial score (nSPS) is 12.3. The fourth-order valence-electron chi connectivity index (χ4n) is 4.37. The summed E-state index contributed by atoms with van der Waals surface area (Å²) in [7, 11) is 0. The van der Waals surface area contributed by atoms with Crippen LogP contribution in [0.3, 0.4) is 0 Å². The van der Waals surface area contributed by atoms with Gasteiger partial charge >= 0.3 is 6.09 Å². The van der Waals surface area contributed by atoms with Crippen LogP contribution in [0.4, 0.5) is 10.5 Å². The Hall–Kier alpha value is -4.54. The average molecular weight is 557 g/mol. The Morgan fingerprint density at radius 3 is 2.24 bits per heavy atom. The predicted octanol–water partition coefficient (Wildman–Crippen LogP) is 4.29. The van der Waals surface area contributed by atoms with Crippen molar-refractivity contribution in [1.29, 1.82) is 0 Å². The molecule has 10 nitrogen and oxygen atoms in total. The minimum Gasteiger partial charge on any atom is -0.445 e. The molecule has 4 aromatic rings. The summed E-state index contributed by atoms with van der Waals surface area (Å²) in [5.41, 5.74) is 9.45. The second kappa shape index (κ2) is 15.3. The number of carbonyl (C=O) groups excluding carboxylic acids is 2. The number of rotatable bonds is 14. The maximum atomic E-state index is 13.4. The third-order valence-corrected chi connectivity index (χ3v) is 6.63. The van der Waals surface area contributed by atoms with Crippen molar-refractivity contribution in [2.45, 2.75) is 51.0 Å². The molecule has 1 aromatic heterocycles. The van der Waals surface area contributed by atoms with Crippen molar-refractivity contribution in [3.63, 3.8) is 0 Å². The molecule has 0 bridgehead atoms. The van der Waals surface area contributed by atoms with Crippen molar-refractivity contribution in [1.82, 2.24) is 20.3 Å². The summed E-state index contributed by atoms with van der Waals surface area (Å²) in [5.74, 6) is -0.245. The summed E-state index contributed by atoms with van der Waals surface area (Å²) < 4.78 is 7.00. The first kappa shape index (κ1) is 29.4. The lowest BCUT2D eigenvalue weighted by atomic mass is 10.0. The summed E-state index contributed by atoms with van der Waals surface area (Å²) in [4.78, 5) is 26.1. The molecule has 0 radical (unpaired) electrons. The van der Waals surface area contributed by atoms with Crippen molar-refractivity contribution < 1.29 is 19.4 Å². The van der Waals surface area contributed by atoms with E-state index in [4.69, 9.17) is 10.5 Å². The Morgan fingerprint density at radius 1 is 0.902 bits per heavy atom. The van der Waals surface area contributed by atoms with E-state index in [9.17, 15) is 14.7 Å². The van der Waals surface area contributed by atoms with Crippen LogP contribution in [0.15, 0.2) is 91.1 Å². The molecule has 0 saturated heterocycles. The molecule has 0 unspecified atom stereocenters. The average Bonchev–Trinajstić information content (AvgIpc) is 3.49. The molecule has 0 aliphatic carbocycles. The first-order chi connectivity index (χ1) is 20.1. The van der Waals surface area contributed by atoms with Gasteiger partial charge in [0.05, 0.1) is 18.8 Å². The topological polar surface area (TPSA) is 144 Å². The molecule has 10 heteroatoms. The smallest absolute Gasteiger partial charge is 0.408 e. The molecule has 41 heavy (non-hydrogen) atoms. The van der Waals surface area contributed by atoms with Crippen molar-refractivity contribution in [3.8, 4) is 0 Å². The number of carbonyl (C=O) groups is 2. The number of hydrogen-bond acceptors (Lipinski definition) is 7.